The highest BCUT2D eigenvalue weighted by molar-refractivity contribution is 6.72. The largest absolute Gasteiger partial charge is 0.536 e. The molecule has 0 saturated heterocycles. The summed E-state index contributed by atoms with van der Waals surface area (Å²) in [5, 5.41) is 2.10. The second kappa shape index (κ2) is 13.8. The third kappa shape index (κ3) is 6.88. The van der Waals surface area contributed by atoms with E-state index in [1.165, 1.54) is 0 Å². The highest BCUT2D eigenvalue weighted by Crippen LogP contribution is 2.32. The van der Waals surface area contributed by atoms with E-state index in [0.717, 1.165) is 36.1 Å². The molecule has 1 rings (SSSR count). The second-order valence-electron chi connectivity index (χ2n) is 6.29. The van der Waals surface area contributed by atoms with E-state index < -0.39 is 17.6 Å². The predicted molar refractivity (Wildman–Crippen MR) is 116 cm³/mol. The normalized spacial score (nSPS) is 16.4. The Hall–Kier alpha value is -0.326. The van der Waals surface area contributed by atoms with Crippen molar-refractivity contribution in [2.45, 2.75) is 67.2 Å². The number of allylic oxidation sites excluding steroid dienone is 4. The van der Waals surface area contributed by atoms with Crippen LogP contribution in [-0.4, -0.2) is 57.3 Å². The fraction of sp³-hybridized carbons (Fsp3) is 0.800. The molecule has 0 N–H and O–H groups in total. The fourth-order valence-electron chi connectivity index (χ4n) is 3.41. The first-order valence-corrected chi connectivity index (χ1v) is 14.3. The molecule has 0 unspecified atom stereocenters. The van der Waals surface area contributed by atoms with Crippen LogP contribution in [0.15, 0.2) is 22.5 Å². The first kappa shape index (κ1) is 25.7. The minimum absolute atomic E-state index is 0.539. The quantitative estimate of drug-likeness (QED) is 0.374. The lowest BCUT2D eigenvalue weighted by Crippen LogP contribution is -2.51. The maximum Gasteiger partial charge on any atom is 0.536 e. The molecule has 164 valence electrons. The van der Waals surface area contributed by atoms with Gasteiger partial charge in [0, 0.05) is 50.0 Å². The van der Waals surface area contributed by atoms with Crippen molar-refractivity contribution in [3.63, 3.8) is 0 Å². The lowest BCUT2D eigenvalue weighted by atomic mass is 10.1. The summed E-state index contributed by atoms with van der Waals surface area (Å²) in [6, 6.07) is 0. The molecule has 0 atom stereocenters. The van der Waals surface area contributed by atoms with Gasteiger partial charge in [-0.3, -0.25) is 0 Å². The van der Waals surface area contributed by atoms with E-state index in [9.17, 15) is 0 Å². The molecule has 1 aliphatic rings. The van der Waals surface area contributed by atoms with Gasteiger partial charge in [-0.25, -0.2) is 0 Å². The van der Waals surface area contributed by atoms with Crippen LogP contribution in [0.3, 0.4) is 0 Å². The van der Waals surface area contributed by atoms with Gasteiger partial charge < -0.3 is 26.6 Å². The molecular weight excluding hydrogens is 392 g/mol. The van der Waals surface area contributed by atoms with E-state index in [4.69, 9.17) is 26.6 Å². The summed E-state index contributed by atoms with van der Waals surface area (Å²) in [6.45, 7) is 15.2. The average molecular weight is 433 g/mol. The van der Waals surface area contributed by atoms with Gasteiger partial charge in [-0.2, -0.15) is 0 Å². The molecule has 0 aliphatic heterocycles. The van der Waals surface area contributed by atoms with Crippen LogP contribution in [0, 0.1) is 0 Å². The predicted octanol–water partition coefficient (Wildman–Crippen LogP) is 4.59. The molecule has 1 aliphatic carbocycles. The maximum atomic E-state index is 6.18. The summed E-state index contributed by atoms with van der Waals surface area (Å²) in [4.78, 5) is 0. The van der Waals surface area contributed by atoms with Crippen molar-refractivity contribution in [1.82, 2.24) is 0 Å². The topological polar surface area (TPSA) is 55.4 Å². The summed E-state index contributed by atoms with van der Waals surface area (Å²) in [6.07, 6.45) is 8.40. The van der Waals surface area contributed by atoms with Crippen LogP contribution in [0.1, 0.15) is 67.2 Å². The van der Waals surface area contributed by atoms with E-state index >= 15 is 0 Å². The summed E-state index contributed by atoms with van der Waals surface area (Å²) in [5.74, 6) is 0. The van der Waals surface area contributed by atoms with Gasteiger partial charge in [0.1, 0.15) is 0 Å². The highest BCUT2D eigenvalue weighted by Gasteiger charge is 2.49. The van der Waals surface area contributed by atoms with Crippen LogP contribution in [0.4, 0.5) is 0 Å². The monoisotopic (exact) mass is 432 g/mol. The Bertz CT molecular complexity index is 461. The number of hydrogen-bond donors (Lipinski definition) is 0. The molecule has 0 heterocycles. The first-order valence-electron chi connectivity index (χ1n) is 10.8. The van der Waals surface area contributed by atoms with Crippen LogP contribution in [0.2, 0.25) is 0 Å². The molecular formula is C20H40O6Si2. The Morgan fingerprint density at radius 3 is 1.50 bits per heavy atom. The zero-order valence-electron chi connectivity index (χ0n) is 18.7. The van der Waals surface area contributed by atoms with E-state index in [1.807, 2.05) is 41.5 Å². The molecule has 6 nitrogen and oxygen atoms in total. The molecule has 0 aromatic heterocycles. The highest BCUT2D eigenvalue weighted by atomic mass is 28.4. The van der Waals surface area contributed by atoms with Crippen molar-refractivity contribution in [3.05, 3.63) is 22.5 Å². The lowest BCUT2D eigenvalue weighted by molar-refractivity contribution is 0.0790. The third-order valence-corrected chi connectivity index (χ3v) is 10.6. The zero-order valence-corrected chi connectivity index (χ0v) is 20.7. The van der Waals surface area contributed by atoms with Crippen molar-refractivity contribution < 1.29 is 26.6 Å². The van der Waals surface area contributed by atoms with Gasteiger partial charge >= 0.3 is 17.6 Å². The van der Waals surface area contributed by atoms with E-state index in [2.05, 4.69) is 12.2 Å². The molecule has 8 heteroatoms. The average Bonchev–Trinajstić information content (AvgIpc) is 2.62. The van der Waals surface area contributed by atoms with Crippen molar-refractivity contribution >= 4 is 17.6 Å². The van der Waals surface area contributed by atoms with Gasteiger partial charge in [0.15, 0.2) is 0 Å². The molecule has 0 spiro atoms. The first-order chi connectivity index (χ1) is 13.6. The molecule has 0 radical (unpaired) electrons. The summed E-state index contributed by atoms with van der Waals surface area (Å²) in [5.41, 5.74) is 0. The van der Waals surface area contributed by atoms with Crippen molar-refractivity contribution in [2.24, 2.45) is 0 Å². The minimum Gasteiger partial charge on any atom is -0.370 e. The fourth-order valence-corrected chi connectivity index (χ4v) is 8.95. The van der Waals surface area contributed by atoms with Gasteiger partial charge in [-0.15, -0.1) is 0 Å². The van der Waals surface area contributed by atoms with Crippen LogP contribution in [0.5, 0.6) is 0 Å². The van der Waals surface area contributed by atoms with Crippen LogP contribution < -0.4 is 0 Å². The minimum atomic E-state index is -3.00. The smallest absolute Gasteiger partial charge is 0.370 e. The van der Waals surface area contributed by atoms with Gasteiger partial charge in [0.2, 0.25) is 0 Å². The van der Waals surface area contributed by atoms with Crippen LogP contribution in [0.25, 0.3) is 0 Å². The number of rotatable bonds is 14. The standard InChI is InChI=1S/C20H40O6Si2/c1-7-21-27(22-8-2,23-9-3)19-16-14-13-15-17-20(18-19)28(24-10-4,25-11-5)26-12-6/h16,18H,7-15,17H2,1-6H3. The molecule has 28 heavy (non-hydrogen) atoms. The summed E-state index contributed by atoms with van der Waals surface area (Å²) >= 11 is 0. The van der Waals surface area contributed by atoms with Gasteiger partial charge in [0.05, 0.1) is 0 Å². The molecule has 0 fully saturated rings. The molecule has 0 aromatic rings. The SMILES string of the molecule is CCO[Si](OCC)(OCC)C1=CCCCCC([Si](OCC)(OCC)OCC)=C1. The zero-order chi connectivity index (χ0) is 20.9. The Labute approximate surface area is 173 Å². The molecule has 0 amide bonds. The summed E-state index contributed by atoms with van der Waals surface area (Å²) < 4.78 is 37.0. The molecule has 0 aromatic carbocycles. The van der Waals surface area contributed by atoms with E-state index in [0.29, 0.717) is 39.6 Å². The van der Waals surface area contributed by atoms with Gasteiger partial charge in [0.25, 0.3) is 0 Å². The lowest BCUT2D eigenvalue weighted by Gasteiger charge is -2.34. The van der Waals surface area contributed by atoms with E-state index in [1.54, 1.807) is 0 Å². The van der Waals surface area contributed by atoms with Gasteiger partial charge in [-0.1, -0.05) is 12.2 Å². The Morgan fingerprint density at radius 1 is 0.643 bits per heavy atom. The number of hydrogen-bond acceptors (Lipinski definition) is 6. The molecule has 0 bridgehead atoms. The third-order valence-electron chi connectivity index (χ3n) is 4.35. The van der Waals surface area contributed by atoms with Crippen LogP contribution in [-0.2, 0) is 26.6 Å². The Kier molecular flexibility index (Phi) is 12.7. The van der Waals surface area contributed by atoms with Crippen molar-refractivity contribution in [3.8, 4) is 0 Å². The molecule has 0 saturated carbocycles. The van der Waals surface area contributed by atoms with Crippen molar-refractivity contribution in [1.29, 1.82) is 0 Å². The van der Waals surface area contributed by atoms with Gasteiger partial charge in [-0.05, 0) is 67.2 Å². The summed E-state index contributed by atoms with van der Waals surface area (Å²) in [7, 11) is -5.96. The van der Waals surface area contributed by atoms with E-state index in [-0.39, 0.29) is 0 Å². The van der Waals surface area contributed by atoms with Crippen LogP contribution >= 0.6 is 0 Å². The Balaban J connectivity index is 3.49. The maximum absolute atomic E-state index is 6.18. The second-order valence-corrected chi connectivity index (χ2v) is 11.5. The Morgan fingerprint density at radius 2 is 1.07 bits per heavy atom. The van der Waals surface area contributed by atoms with Crippen molar-refractivity contribution in [2.75, 3.05) is 39.6 Å².